The number of hydrogen-bond acceptors (Lipinski definition) is 2. The van der Waals surface area contributed by atoms with E-state index < -0.39 is 0 Å². The van der Waals surface area contributed by atoms with E-state index in [4.69, 9.17) is 0 Å². The number of hydrogen-bond donors (Lipinski definition) is 1. The molecule has 132 valence electrons. The maximum Gasteiger partial charge on any atom is 0.115 e. The Balaban J connectivity index is 1.96. The first-order valence-corrected chi connectivity index (χ1v) is 9.59. The van der Waals surface area contributed by atoms with Gasteiger partial charge in [-0.05, 0) is 73.1 Å². The van der Waals surface area contributed by atoms with Crippen LogP contribution in [0, 0.1) is 0 Å². The average molecular weight is 335 g/mol. The highest BCUT2D eigenvalue weighted by molar-refractivity contribution is 5.83. The van der Waals surface area contributed by atoms with Crippen molar-refractivity contribution in [2.45, 2.75) is 46.0 Å². The molecule has 0 saturated carbocycles. The Morgan fingerprint density at radius 1 is 0.800 bits per heavy atom. The Morgan fingerprint density at radius 2 is 1.32 bits per heavy atom. The van der Waals surface area contributed by atoms with Crippen LogP contribution in [0.1, 0.15) is 57.1 Å². The summed E-state index contributed by atoms with van der Waals surface area (Å²) in [5.41, 5.74) is 6.56. The van der Waals surface area contributed by atoms with Gasteiger partial charge in [-0.3, -0.25) is 0 Å². The Hall–Kier alpha value is -2.22. The third-order valence-corrected chi connectivity index (χ3v) is 5.24. The van der Waals surface area contributed by atoms with Gasteiger partial charge in [0, 0.05) is 18.8 Å². The average Bonchev–Trinajstić information content (AvgIpc) is 2.68. The Morgan fingerprint density at radius 3 is 1.84 bits per heavy atom. The number of benzene rings is 2. The zero-order valence-corrected chi connectivity index (χ0v) is 15.5. The molecule has 0 radical (unpaired) electrons. The van der Waals surface area contributed by atoms with Crippen LogP contribution in [-0.2, 0) is 0 Å². The monoisotopic (exact) mass is 335 g/mol. The molecule has 3 rings (SSSR count). The van der Waals surface area contributed by atoms with Gasteiger partial charge in [-0.2, -0.15) is 0 Å². The molecule has 1 heterocycles. The number of allylic oxidation sites excluding steroid dienone is 1. The first-order chi connectivity index (χ1) is 12.2. The lowest BCUT2D eigenvalue weighted by Gasteiger charge is -2.29. The SMILES string of the molecule is CCC(CC)=C(c1ccc(O)cc1)c1ccc(N2CCCCC2)cc1. The van der Waals surface area contributed by atoms with Crippen molar-refractivity contribution in [3.8, 4) is 5.75 Å². The van der Waals surface area contributed by atoms with Gasteiger partial charge in [0.2, 0.25) is 0 Å². The fourth-order valence-electron chi connectivity index (χ4n) is 3.80. The second-order valence-corrected chi connectivity index (χ2v) is 6.83. The van der Waals surface area contributed by atoms with E-state index in [9.17, 15) is 5.11 Å². The number of piperidine rings is 1. The first-order valence-electron chi connectivity index (χ1n) is 9.59. The van der Waals surface area contributed by atoms with Crippen LogP contribution in [0.5, 0.6) is 5.75 Å². The molecule has 25 heavy (non-hydrogen) atoms. The van der Waals surface area contributed by atoms with Gasteiger partial charge in [0.1, 0.15) is 5.75 Å². The van der Waals surface area contributed by atoms with Gasteiger partial charge in [0.15, 0.2) is 0 Å². The standard InChI is InChI=1S/C23H29NO/c1-3-18(4-2)23(20-10-14-22(25)15-11-20)19-8-12-21(13-9-19)24-16-6-5-7-17-24/h8-15,25H,3-7,16-17H2,1-2H3. The zero-order valence-electron chi connectivity index (χ0n) is 15.5. The summed E-state index contributed by atoms with van der Waals surface area (Å²) < 4.78 is 0. The largest absolute Gasteiger partial charge is 0.508 e. The lowest BCUT2D eigenvalue weighted by Crippen LogP contribution is -2.29. The maximum absolute atomic E-state index is 9.62. The minimum atomic E-state index is 0.318. The second kappa shape index (κ2) is 8.24. The van der Waals surface area contributed by atoms with E-state index in [2.05, 4.69) is 43.0 Å². The Bertz CT molecular complexity index is 701. The third kappa shape index (κ3) is 4.07. The van der Waals surface area contributed by atoms with Crippen molar-refractivity contribution in [3.05, 3.63) is 65.2 Å². The summed E-state index contributed by atoms with van der Waals surface area (Å²) >= 11 is 0. The molecule has 2 aromatic rings. The predicted octanol–water partition coefficient (Wildman–Crippen LogP) is 6.00. The van der Waals surface area contributed by atoms with Gasteiger partial charge in [0.05, 0.1) is 0 Å². The van der Waals surface area contributed by atoms with Crippen LogP contribution >= 0.6 is 0 Å². The third-order valence-electron chi connectivity index (χ3n) is 5.24. The quantitative estimate of drug-likeness (QED) is 0.724. The lowest BCUT2D eigenvalue weighted by molar-refractivity contribution is 0.475. The van der Waals surface area contributed by atoms with Gasteiger partial charge in [-0.25, -0.2) is 0 Å². The van der Waals surface area contributed by atoms with Crippen LogP contribution in [0.15, 0.2) is 54.1 Å². The number of phenols is 1. The Labute approximate surface area is 151 Å². The van der Waals surface area contributed by atoms with E-state index in [-0.39, 0.29) is 0 Å². The molecule has 1 aliphatic heterocycles. The molecule has 0 aromatic heterocycles. The number of aromatic hydroxyl groups is 1. The van der Waals surface area contributed by atoms with Crippen molar-refractivity contribution in [1.82, 2.24) is 0 Å². The van der Waals surface area contributed by atoms with E-state index in [1.165, 1.54) is 60.3 Å². The maximum atomic E-state index is 9.62. The van der Waals surface area contributed by atoms with Crippen LogP contribution in [0.3, 0.4) is 0 Å². The van der Waals surface area contributed by atoms with Crippen molar-refractivity contribution in [3.63, 3.8) is 0 Å². The van der Waals surface area contributed by atoms with Gasteiger partial charge >= 0.3 is 0 Å². The van der Waals surface area contributed by atoms with E-state index in [1.807, 2.05) is 12.1 Å². The molecule has 0 bridgehead atoms. The van der Waals surface area contributed by atoms with Crippen molar-refractivity contribution in [2.75, 3.05) is 18.0 Å². The van der Waals surface area contributed by atoms with Crippen LogP contribution < -0.4 is 4.90 Å². The van der Waals surface area contributed by atoms with Crippen molar-refractivity contribution in [2.24, 2.45) is 0 Å². The molecule has 2 heteroatoms. The molecule has 1 aliphatic rings. The van der Waals surface area contributed by atoms with Crippen LogP contribution in [0.4, 0.5) is 5.69 Å². The summed E-state index contributed by atoms with van der Waals surface area (Å²) in [6, 6.07) is 16.7. The van der Waals surface area contributed by atoms with Crippen molar-refractivity contribution < 1.29 is 5.11 Å². The predicted molar refractivity (Wildman–Crippen MR) is 107 cm³/mol. The molecule has 2 aromatic carbocycles. The van der Waals surface area contributed by atoms with E-state index in [0.29, 0.717) is 5.75 Å². The van der Waals surface area contributed by atoms with E-state index >= 15 is 0 Å². The number of phenolic OH excluding ortho intramolecular Hbond substituents is 1. The minimum Gasteiger partial charge on any atom is -0.508 e. The summed E-state index contributed by atoms with van der Waals surface area (Å²) in [4.78, 5) is 2.50. The van der Waals surface area contributed by atoms with Gasteiger partial charge in [0.25, 0.3) is 0 Å². The van der Waals surface area contributed by atoms with Gasteiger partial charge in [-0.1, -0.05) is 43.7 Å². The Kier molecular flexibility index (Phi) is 5.80. The smallest absolute Gasteiger partial charge is 0.115 e. The fraction of sp³-hybridized carbons (Fsp3) is 0.391. The number of anilines is 1. The molecule has 0 atom stereocenters. The topological polar surface area (TPSA) is 23.5 Å². The molecule has 1 saturated heterocycles. The zero-order chi connectivity index (χ0) is 17.6. The molecule has 0 amide bonds. The minimum absolute atomic E-state index is 0.318. The molecule has 0 aliphatic carbocycles. The molecule has 0 unspecified atom stereocenters. The highest BCUT2D eigenvalue weighted by Crippen LogP contribution is 2.32. The first kappa shape index (κ1) is 17.6. The van der Waals surface area contributed by atoms with Crippen molar-refractivity contribution >= 4 is 11.3 Å². The van der Waals surface area contributed by atoms with Crippen LogP contribution in [0.25, 0.3) is 5.57 Å². The summed E-state index contributed by atoms with van der Waals surface area (Å²) in [6.07, 6.45) is 6.05. The molecule has 0 spiro atoms. The summed E-state index contributed by atoms with van der Waals surface area (Å²) in [5, 5.41) is 9.62. The van der Waals surface area contributed by atoms with E-state index in [0.717, 1.165) is 12.8 Å². The number of rotatable bonds is 5. The lowest BCUT2D eigenvalue weighted by atomic mass is 9.90. The summed E-state index contributed by atoms with van der Waals surface area (Å²) in [7, 11) is 0. The fourth-order valence-corrected chi connectivity index (χ4v) is 3.80. The molecular weight excluding hydrogens is 306 g/mol. The van der Waals surface area contributed by atoms with Crippen LogP contribution in [0.2, 0.25) is 0 Å². The normalized spacial score (nSPS) is 14.4. The van der Waals surface area contributed by atoms with Gasteiger partial charge in [-0.15, -0.1) is 0 Å². The summed E-state index contributed by atoms with van der Waals surface area (Å²) in [5.74, 6) is 0.318. The molecule has 1 N–H and O–H groups in total. The van der Waals surface area contributed by atoms with Gasteiger partial charge < -0.3 is 10.0 Å². The molecule has 1 fully saturated rings. The molecular formula is C23H29NO. The van der Waals surface area contributed by atoms with Crippen molar-refractivity contribution in [1.29, 1.82) is 0 Å². The molecule has 2 nitrogen and oxygen atoms in total. The second-order valence-electron chi connectivity index (χ2n) is 6.83. The highest BCUT2D eigenvalue weighted by atomic mass is 16.3. The summed E-state index contributed by atoms with van der Waals surface area (Å²) in [6.45, 7) is 6.80. The number of nitrogens with zero attached hydrogens (tertiary/aromatic N) is 1. The van der Waals surface area contributed by atoms with Crippen LogP contribution in [-0.4, -0.2) is 18.2 Å². The van der Waals surface area contributed by atoms with E-state index in [1.54, 1.807) is 12.1 Å². The highest BCUT2D eigenvalue weighted by Gasteiger charge is 2.13.